The molecule has 1 aliphatic rings. The predicted octanol–water partition coefficient (Wildman–Crippen LogP) is 3.46. The molecule has 21 heavy (non-hydrogen) atoms. The molecule has 0 fully saturated rings. The van der Waals surface area contributed by atoms with Gasteiger partial charge in [0.1, 0.15) is 0 Å². The van der Waals surface area contributed by atoms with Gasteiger partial charge in [-0.15, -0.1) is 0 Å². The number of carbonyl (C=O) groups excluding carboxylic acids is 1. The van der Waals surface area contributed by atoms with Gasteiger partial charge in [0.2, 0.25) is 7.37 Å². The van der Waals surface area contributed by atoms with Gasteiger partial charge in [-0.3, -0.25) is 9.36 Å². The Labute approximate surface area is 125 Å². The first-order valence-corrected chi connectivity index (χ1v) is 9.09. The number of hydrogen-bond acceptors (Lipinski definition) is 3. The average molecular weight is 308 g/mol. The van der Waals surface area contributed by atoms with Crippen LogP contribution in [0.1, 0.15) is 31.2 Å². The molecule has 1 heterocycles. The van der Waals surface area contributed by atoms with E-state index in [1.54, 1.807) is 0 Å². The molecule has 0 amide bonds. The Bertz CT molecular complexity index is 565. The van der Waals surface area contributed by atoms with E-state index in [4.69, 9.17) is 0 Å². The monoisotopic (exact) mass is 308 g/mol. The number of allylic oxidation sites excluding steroid dienone is 2. The third-order valence-electron chi connectivity index (χ3n) is 3.81. The van der Waals surface area contributed by atoms with Gasteiger partial charge < -0.3 is 9.63 Å². The minimum absolute atomic E-state index is 0.228. The van der Waals surface area contributed by atoms with Gasteiger partial charge in [-0.05, 0) is 24.0 Å². The summed E-state index contributed by atoms with van der Waals surface area (Å²) >= 11 is 0. The predicted molar refractivity (Wildman–Crippen MR) is 83.4 cm³/mol. The maximum atomic E-state index is 12.3. The Morgan fingerprint density at radius 3 is 2.71 bits per heavy atom. The third-order valence-corrected chi connectivity index (χ3v) is 6.05. The number of rotatable bonds is 6. The van der Waals surface area contributed by atoms with Crippen molar-refractivity contribution in [3.05, 3.63) is 42.0 Å². The van der Waals surface area contributed by atoms with Crippen LogP contribution in [0.3, 0.4) is 0 Å². The molecule has 114 valence electrons. The van der Waals surface area contributed by atoms with Crippen molar-refractivity contribution >= 4 is 18.9 Å². The summed E-state index contributed by atoms with van der Waals surface area (Å²) in [5.41, 5.74) is 1.69. The van der Waals surface area contributed by atoms with Gasteiger partial charge in [0.25, 0.3) is 0 Å². The molecule has 0 saturated heterocycles. The summed E-state index contributed by atoms with van der Waals surface area (Å²) in [6.07, 6.45) is 4.64. The summed E-state index contributed by atoms with van der Waals surface area (Å²) in [7, 11) is -1.78. The van der Waals surface area contributed by atoms with E-state index in [1.807, 2.05) is 36.4 Å². The summed E-state index contributed by atoms with van der Waals surface area (Å²) in [6, 6.07) is 9.73. The van der Waals surface area contributed by atoms with E-state index in [2.05, 4.69) is 4.74 Å². The highest BCUT2D eigenvalue weighted by atomic mass is 31.2. The lowest BCUT2D eigenvalue weighted by molar-refractivity contribution is -0.140. The van der Waals surface area contributed by atoms with Crippen molar-refractivity contribution in [1.82, 2.24) is 0 Å². The molecule has 1 aromatic rings. The average Bonchev–Trinajstić information content (AvgIpc) is 2.79. The first kappa shape index (κ1) is 16.0. The quantitative estimate of drug-likeness (QED) is 0.496. The van der Waals surface area contributed by atoms with E-state index in [0.29, 0.717) is 19.3 Å². The molecular formula is C16H21O4P. The molecule has 0 radical (unpaired) electrons. The zero-order valence-corrected chi connectivity index (χ0v) is 13.1. The molecule has 4 nitrogen and oxygen atoms in total. The Morgan fingerprint density at radius 1 is 1.33 bits per heavy atom. The standard InChI is InChI=1S/C16H21O4P/c1-20-16(17)10-6-5-9-15-11-14(12-21(15,18)19)13-7-3-2-4-8-13/h2-4,7-8,11,15H,5-6,9-10,12H2,1H3,(H,18,19)/t15-/m0/s1. The molecule has 0 aliphatic carbocycles. The van der Waals surface area contributed by atoms with Crippen molar-refractivity contribution < 1.29 is 19.0 Å². The first-order chi connectivity index (χ1) is 10.0. The number of hydrogen-bond donors (Lipinski definition) is 1. The van der Waals surface area contributed by atoms with Gasteiger partial charge in [0.05, 0.1) is 18.9 Å². The fourth-order valence-electron chi connectivity index (χ4n) is 2.61. The van der Waals surface area contributed by atoms with Crippen LogP contribution in [0.2, 0.25) is 0 Å². The molecule has 1 N–H and O–H groups in total. The van der Waals surface area contributed by atoms with Crippen LogP contribution < -0.4 is 0 Å². The zero-order chi connectivity index (χ0) is 15.3. The smallest absolute Gasteiger partial charge is 0.305 e. The van der Waals surface area contributed by atoms with Crippen molar-refractivity contribution in [2.45, 2.75) is 31.3 Å². The first-order valence-electron chi connectivity index (χ1n) is 7.17. The van der Waals surface area contributed by atoms with E-state index in [9.17, 15) is 14.3 Å². The van der Waals surface area contributed by atoms with Crippen LogP contribution in [-0.2, 0) is 14.1 Å². The maximum Gasteiger partial charge on any atom is 0.305 e. The molecule has 0 aromatic heterocycles. The van der Waals surface area contributed by atoms with Gasteiger partial charge in [0.15, 0.2) is 0 Å². The van der Waals surface area contributed by atoms with Gasteiger partial charge in [-0.1, -0.05) is 42.8 Å². The van der Waals surface area contributed by atoms with E-state index in [-0.39, 0.29) is 17.8 Å². The van der Waals surface area contributed by atoms with E-state index in [0.717, 1.165) is 17.6 Å². The second-order valence-corrected chi connectivity index (χ2v) is 7.85. The fraction of sp³-hybridized carbons (Fsp3) is 0.438. The van der Waals surface area contributed by atoms with Crippen molar-refractivity contribution in [2.24, 2.45) is 0 Å². The fourth-order valence-corrected chi connectivity index (χ4v) is 4.62. The molecule has 2 atom stereocenters. The van der Waals surface area contributed by atoms with Gasteiger partial charge >= 0.3 is 5.97 Å². The highest BCUT2D eigenvalue weighted by Gasteiger charge is 2.36. The SMILES string of the molecule is COC(=O)CCCC[C@H]1C=C(c2ccccc2)CP1(=O)O. The summed E-state index contributed by atoms with van der Waals surface area (Å²) in [4.78, 5) is 21.2. The summed E-state index contributed by atoms with van der Waals surface area (Å²) in [5, 5.41) is 0. The topological polar surface area (TPSA) is 63.6 Å². The number of ether oxygens (including phenoxy) is 1. The van der Waals surface area contributed by atoms with E-state index in [1.165, 1.54) is 7.11 Å². The van der Waals surface area contributed by atoms with Crippen LogP contribution >= 0.6 is 7.37 Å². The molecule has 1 aliphatic heterocycles. The van der Waals surface area contributed by atoms with Gasteiger partial charge in [0, 0.05) is 6.42 Å². The summed E-state index contributed by atoms with van der Waals surface area (Å²) in [5.74, 6) is -0.228. The highest BCUT2D eigenvalue weighted by Crippen LogP contribution is 2.57. The highest BCUT2D eigenvalue weighted by molar-refractivity contribution is 7.60. The Kier molecular flexibility index (Phi) is 5.38. The Balaban J connectivity index is 1.94. The maximum absolute atomic E-state index is 12.3. The number of methoxy groups -OCH3 is 1. The van der Waals surface area contributed by atoms with Gasteiger partial charge in [-0.2, -0.15) is 0 Å². The lowest BCUT2D eigenvalue weighted by Crippen LogP contribution is -2.04. The minimum Gasteiger partial charge on any atom is -0.469 e. The largest absolute Gasteiger partial charge is 0.469 e. The third kappa shape index (κ3) is 4.29. The number of benzene rings is 1. The molecule has 5 heteroatoms. The van der Waals surface area contributed by atoms with Crippen LogP contribution in [0.15, 0.2) is 36.4 Å². The molecule has 0 saturated carbocycles. The molecule has 0 bridgehead atoms. The number of carbonyl (C=O) groups is 1. The van der Waals surface area contributed by atoms with Crippen LogP contribution in [0, 0.1) is 0 Å². The van der Waals surface area contributed by atoms with Crippen molar-refractivity contribution in [3.8, 4) is 0 Å². The van der Waals surface area contributed by atoms with Gasteiger partial charge in [-0.25, -0.2) is 0 Å². The van der Waals surface area contributed by atoms with Crippen molar-refractivity contribution in [3.63, 3.8) is 0 Å². The van der Waals surface area contributed by atoms with Crippen LogP contribution in [0.4, 0.5) is 0 Å². The summed E-state index contributed by atoms with van der Waals surface area (Å²) < 4.78 is 16.9. The second-order valence-electron chi connectivity index (χ2n) is 5.36. The van der Waals surface area contributed by atoms with E-state index < -0.39 is 7.37 Å². The molecule has 2 rings (SSSR count). The van der Waals surface area contributed by atoms with Crippen LogP contribution in [0.5, 0.6) is 0 Å². The second kappa shape index (κ2) is 7.06. The van der Waals surface area contributed by atoms with E-state index >= 15 is 0 Å². The van der Waals surface area contributed by atoms with Crippen LogP contribution in [-0.4, -0.2) is 29.8 Å². The normalized spacial score (nSPS) is 24.7. The Hall–Kier alpha value is -1.38. The number of esters is 1. The summed E-state index contributed by atoms with van der Waals surface area (Å²) in [6.45, 7) is 0. The molecule has 1 unspecified atom stereocenters. The zero-order valence-electron chi connectivity index (χ0n) is 12.2. The molecule has 1 aromatic carbocycles. The Morgan fingerprint density at radius 2 is 2.05 bits per heavy atom. The minimum atomic E-state index is -3.15. The number of unbranched alkanes of at least 4 members (excludes halogenated alkanes) is 1. The molecular weight excluding hydrogens is 287 g/mol. The lowest BCUT2D eigenvalue weighted by atomic mass is 10.0. The molecule has 0 spiro atoms. The van der Waals surface area contributed by atoms with Crippen LogP contribution in [0.25, 0.3) is 5.57 Å². The van der Waals surface area contributed by atoms with Crippen molar-refractivity contribution in [2.75, 3.05) is 13.3 Å². The lowest BCUT2D eigenvalue weighted by Gasteiger charge is -2.13. The van der Waals surface area contributed by atoms with Crippen molar-refractivity contribution in [1.29, 1.82) is 0 Å².